The van der Waals surface area contributed by atoms with Crippen LogP contribution in [-0.2, 0) is 57.8 Å². The second-order valence-corrected chi connectivity index (χ2v) is 10.9. The lowest BCUT2D eigenvalue weighted by atomic mass is 9.80. The Labute approximate surface area is 297 Å². The van der Waals surface area contributed by atoms with Gasteiger partial charge in [0.2, 0.25) is 0 Å². The molecule has 3 aromatic rings. The fourth-order valence-corrected chi connectivity index (χ4v) is 4.92. The first-order chi connectivity index (χ1) is 24.8. The summed E-state index contributed by atoms with van der Waals surface area (Å²) in [7, 11) is 1.35. The van der Waals surface area contributed by atoms with Crippen LogP contribution in [0.5, 0.6) is 0 Å². The van der Waals surface area contributed by atoms with Gasteiger partial charge in [0.05, 0.1) is 126 Å². The number of rotatable bonds is 31. The Morgan fingerprint density at radius 1 is 0.400 bits per heavy atom. The number of carbonyl (C=O) groups is 1. The van der Waals surface area contributed by atoms with Crippen molar-refractivity contribution in [2.24, 2.45) is 0 Å². The summed E-state index contributed by atoms with van der Waals surface area (Å²) in [6.45, 7) is 7.84. The fourth-order valence-electron chi connectivity index (χ4n) is 4.92. The van der Waals surface area contributed by atoms with Crippen molar-refractivity contribution in [3.8, 4) is 0 Å². The first-order valence-corrected chi connectivity index (χ1v) is 17.3. The van der Waals surface area contributed by atoms with Crippen molar-refractivity contribution in [2.75, 3.05) is 119 Å². The van der Waals surface area contributed by atoms with Crippen molar-refractivity contribution in [1.82, 2.24) is 0 Å². The van der Waals surface area contributed by atoms with Gasteiger partial charge in [-0.25, -0.2) is 0 Å². The number of hydrogen-bond donors (Lipinski definition) is 0. The summed E-state index contributed by atoms with van der Waals surface area (Å²) in [5.41, 5.74) is 2.44. The molecule has 0 aromatic heterocycles. The zero-order valence-corrected chi connectivity index (χ0v) is 29.4. The van der Waals surface area contributed by atoms with E-state index in [1.165, 1.54) is 7.11 Å². The molecule has 0 saturated heterocycles. The molecule has 0 amide bonds. The Balaban J connectivity index is 1.12. The molecular formula is C39H54O11. The minimum Gasteiger partial charge on any atom is -0.469 e. The third kappa shape index (κ3) is 16.7. The molecule has 0 aliphatic heterocycles. The number of esters is 1. The second-order valence-electron chi connectivity index (χ2n) is 10.9. The molecule has 0 spiro atoms. The van der Waals surface area contributed by atoms with Crippen molar-refractivity contribution in [3.05, 3.63) is 108 Å². The van der Waals surface area contributed by atoms with E-state index in [-0.39, 0.29) is 12.4 Å². The zero-order valence-electron chi connectivity index (χ0n) is 29.4. The van der Waals surface area contributed by atoms with E-state index in [0.717, 1.165) is 16.7 Å². The second kappa shape index (κ2) is 27.5. The zero-order chi connectivity index (χ0) is 35.2. The van der Waals surface area contributed by atoms with Gasteiger partial charge < -0.3 is 47.4 Å². The van der Waals surface area contributed by atoms with Gasteiger partial charge >= 0.3 is 5.97 Å². The van der Waals surface area contributed by atoms with E-state index >= 15 is 0 Å². The first kappa shape index (κ1) is 41.2. The molecule has 0 fully saturated rings. The van der Waals surface area contributed by atoms with Gasteiger partial charge in [-0.15, -0.1) is 0 Å². The number of carbonyl (C=O) groups excluding carboxylic acids is 1. The topological polar surface area (TPSA) is 109 Å². The van der Waals surface area contributed by atoms with Crippen LogP contribution in [0, 0.1) is 0 Å². The number of ether oxygens (including phenoxy) is 10. The van der Waals surface area contributed by atoms with Crippen molar-refractivity contribution < 1.29 is 52.2 Å². The summed E-state index contributed by atoms with van der Waals surface area (Å²) < 4.78 is 55.4. The summed E-state index contributed by atoms with van der Waals surface area (Å²) in [5, 5.41) is 0. The molecule has 3 aromatic carbocycles. The highest BCUT2D eigenvalue weighted by Gasteiger charge is 2.37. The van der Waals surface area contributed by atoms with E-state index in [1.807, 2.05) is 54.6 Å². The maximum atomic E-state index is 11.0. The normalized spacial score (nSPS) is 11.5. The monoisotopic (exact) mass is 698 g/mol. The maximum absolute atomic E-state index is 11.0. The van der Waals surface area contributed by atoms with Gasteiger partial charge in [0.1, 0.15) is 5.60 Å². The lowest BCUT2D eigenvalue weighted by Gasteiger charge is -2.36. The summed E-state index contributed by atoms with van der Waals surface area (Å²) in [4.78, 5) is 11.0. The molecule has 0 aliphatic carbocycles. The molecule has 11 nitrogen and oxygen atoms in total. The Morgan fingerprint density at radius 2 is 0.660 bits per heavy atom. The third-order valence-corrected chi connectivity index (χ3v) is 7.37. The molecule has 50 heavy (non-hydrogen) atoms. The minimum atomic E-state index is -0.753. The van der Waals surface area contributed by atoms with E-state index in [9.17, 15) is 4.79 Å². The van der Waals surface area contributed by atoms with E-state index in [0.29, 0.717) is 112 Å². The molecule has 11 heteroatoms. The lowest BCUT2D eigenvalue weighted by Crippen LogP contribution is -2.34. The molecule has 0 saturated carbocycles. The Bertz CT molecular complexity index is 1120. The summed E-state index contributed by atoms with van der Waals surface area (Å²) in [6.07, 6.45) is 0.243. The van der Waals surface area contributed by atoms with Gasteiger partial charge in [-0.2, -0.15) is 0 Å². The molecule has 276 valence electrons. The molecular weight excluding hydrogens is 644 g/mol. The summed E-state index contributed by atoms with van der Waals surface area (Å²) in [6, 6.07) is 30.9. The largest absolute Gasteiger partial charge is 0.469 e. The maximum Gasteiger partial charge on any atom is 0.307 e. The summed E-state index contributed by atoms with van der Waals surface area (Å²) in [5.74, 6) is -0.286. The number of benzene rings is 3. The number of hydrogen-bond acceptors (Lipinski definition) is 11. The predicted octanol–water partition coefficient (Wildman–Crippen LogP) is 4.69. The van der Waals surface area contributed by atoms with Gasteiger partial charge in [-0.3, -0.25) is 4.79 Å². The number of methoxy groups -OCH3 is 1. The lowest BCUT2D eigenvalue weighted by molar-refractivity contribution is -0.141. The van der Waals surface area contributed by atoms with Crippen molar-refractivity contribution in [2.45, 2.75) is 12.0 Å². The van der Waals surface area contributed by atoms with Crippen LogP contribution in [0.15, 0.2) is 91.0 Å². The quantitative estimate of drug-likeness (QED) is 0.0531. The van der Waals surface area contributed by atoms with Crippen LogP contribution < -0.4 is 0 Å². The van der Waals surface area contributed by atoms with Crippen LogP contribution in [0.25, 0.3) is 0 Å². The van der Waals surface area contributed by atoms with E-state index in [4.69, 9.17) is 42.6 Å². The molecule has 0 atom stereocenters. The van der Waals surface area contributed by atoms with Gasteiger partial charge in [-0.05, 0) is 16.7 Å². The summed E-state index contributed by atoms with van der Waals surface area (Å²) >= 11 is 0. The predicted molar refractivity (Wildman–Crippen MR) is 188 cm³/mol. The average molecular weight is 699 g/mol. The van der Waals surface area contributed by atoms with Gasteiger partial charge in [-0.1, -0.05) is 91.0 Å². The standard InChI is InChI=1S/C39H54O11/c1-41-38(40)17-18-42-19-20-43-21-22-44-23-24-45-25-26-46-27-28-47-29-30-48-31-32-49-33-34-50-39(35-11-5-2-6-12-35,36-13-7-3-8-14-36)37-15-9-4-10-16-37/h2-16H,17-34H2,1H3. The fraction of sp³-hybridized carbons (Fsp3) is 0.513. The van der Waals surface area contributed by atoms with Gasteiger partial charge in [0, 0.05) is 0 Å². The Kier molecular flexibility index (Phi) is 22.6. The molecule has 0 bridgehead atoms. The van der Waals surface area contributed by atoms with Gasteiger partial charge in [0.15, 0.2) is 0 Å². The molecule has 0 unspecified atom stereocenters. The van der Waals surface area contributed by atoms with Crippen LogP contribution in [0.3, 0.4) is 0 Å². The van der Waals surface area contributed by atoms with Crippen molar-refractivity contribution >= 4 is 5.97 Å². The van der Waals surface area contributed by atoms with Crippen molar-refractivity contribution in [3.63, 3.8) is 0 Å². The highest BCUT2D eigenvalue weighted by Crippen LogP contribution is 2.40. The van der Waals surface area contributed by atoms with Gasteiger partial charge in [0.25, 0.3) is 0 Å². The molecule has 0 aliphatic rings. The van der Waals surface area contributed by atoms with E-state index in [1.54, 1.807) is 0 Å². The molecule has 3 rings (SSSR count). The third-order valence-electron chi connectivity index (χ3n) is 7.37. The van der Waals surface area contributed by atoms with Crippen LogP contribution in [0.1, 0.15) is 23.1 Å². The smallest absolute Gasteiger partial charge is 0.307 e. The van der Waals surface area contributed by atoms with Crippen LogP contribution in [-0.4, -0.2) is 125 Å². The minimum absolute atomic E-state index is 0.243. The first-order valence-electron chi connectivity index (χ1n) is 17.3. The molecule has 0 heterocycles. The molecule has 0 radical (unpaired) electrons. The highest BCUT2D eigenvalue weighted by molar-refractivity contribution is 5.69. The highest BCUT2D eigenvalue weighted by atomic mass is 16.6. The van der Waals surface area contributed by atoms with Crippen molar-refractivity contribution in [1.29, 1.82) is 0 Å². The van der Waals surface area contributed by atoms with Crippen LogP contribution in [0.4, 0.5) is 0 Å². The van der Waals surface area contributed by atoms with E-state index < -0.39 is 5.60 Å². The SMILES string of the molecule is COC(=O)CCOCCOCCOCCOCCOCCOCCOCCOCCOC(c1ccccc1)(c1ccccc1)c1ccccc1. The van der Waals surface area contributed by atoms with Crippen LogP contribution in [0.2, 0.25) is 0 Å². The van der Waals surface area contributed by atoms with E-state index in [2.05, 4.69) is 41.1 Å². The Hall–Kier alpha value is -3.23. The molecule has 0 N–H and O–H groups in total. The average Bonchev–Trinajstić information content (AvgIpc) is 3.17. The Morgan fingerprint density at radius 3 is 0.940 bits per heavy atom. The van der Waals surface area contributed by atoms with Crippen LogP contribution >= 0.6 is 0 Å².